The Morgan fingerprint density at radius 1 is 0.974 bits per heavy atom. The molecule has 0 heterocycles. The van der Waals surface area contributed by atoms with Crippen LogP contribution in [0.3, 0.4) is 0 Å². The zero-order valence-corrected chi connectivity index (χ0v) is 21.9. The first kappa shape index (κ1) is 30.4. The molecule has 9 nitrogen and oxygen atoms in total. The largest absolute Gasteiger partial charge is 0.497 e. The Morgan fingerprint density at radius 2 is 1.68 bits per heavy atom. The van der Waals surface area contributed by atoms with Gasteiger partial charge >= 0.3 is 6.18 Å². The average Bonchev–Trinajstić information content (AvgIpc) is 2.85. The summed E-state index contributed by atoms with van der Waals surface area (Å²) in [4.78, 5) is 37.7. The fourth-order valence-corrected chi connectivity index (χ4v) is 3.36. The number of hydrogen-bond acceptors (Lipinski definition) is 6. The highest BCUT2D eigenvalue weighted by atomic mass is 19.4. The quantitative estimate of drug-likeness (QED) is 0.350. The molecule has 208 valence electrons. The minimum atomic E-state index is -4.61. The van der Waals surface area contributed by atoms with Crippen molar-refractivity contribution < 1.29 is 37.0 Å². The van der Waals surface area contributed by atoms with E-state index in [0.717, 1.165) is 17.7 Å². The zero-order chi connectivity index (χ0) is 28.5. The van der Waals surface area contributed by atoms with Gasteiger partial charge in [-0.3, -0.25) is 14.4 Å². The van der Waals surface area contributed by atoms with E-state index >= 15 is 0 Å². The van der Waals surface area contributed by atoms with Crippen molar-refractivity contribution in [3.63, 3.8) is 0 Å². The van der Waals surface area contributed by atoms with Gasteiger partial charge in [0.2, 0.25) is 11.8 Å². The van der Waals surface area contributed by atoms with Crippen LogP contribution in [0.2, 0.25) is 0 Å². The highest BCUT2D eigenvalue weighted by molar-refractivity contribution is 5.97. The van der Waals surface area contributed by atoms with Crippen molar-refractivity contribution in [3.05, 3.63) is 59.2 Å². The Balaban J connectivity index is 2.02. The highest BCUT2D eigenvalue weighted by Gasteiger charge is 2.31. The normalized spacial score (nSPS) is 12.3. The minimum absolute atomic E-state index is 0.0460. The topological polar surface area (TPSA) is 118 Å². The van der Waals surface area contributed by atoms with E-state index in [1.165, 1.54) is 20.3 Å². The molecule has 0 aliphatic heterocycles. The molecule has 0 saturated heterocycles. The smallest absolute Gasteiger partial charge is 0.416 e. The Labute approximate surface area is 219 Å². The van der Waals surface area contributed by atoms with Gasteiger partial charge in [-0.05, 0) is 45.0 Å². The standard InChI is InChI=1S/C26H33F3N4O5/c1-25(2,3)33-24(36)20(14-30-13-17-9-10-19(37-4)12-21(17)38-5)32-22(34)15-31-23(35)16-7-6-8-18(11-16)26(27,28)29/h6-12,20,30H,13-15H2,1-5H3,(H,31,35)(H,32,34)(H,33,36)/t20-/m0/s1. The fraction of sp³-hybridized carbons (Fsp3) is 0.423. The second kappa shape index (κ2) is 13.1. The molecule has 1 atom stereocenters. The van der Waals surface area contributed by atoms with Crippen molar-refractivity contribution in [3.8, 4) is 11.5 Å². The number of carbonyl (C=O) groups excluding carboxylic acids is 3. The summed E-state index contributed by atoms with van der Waals surface area (Å²) < 4.78 is 49.3. The molecule has 0 unspecified atom stereocenters. The Morgan fingerprint density at radius 3 is 2.29 bits per heavy atom. The lowest BCUT2D eigenvalue weighted by molar-refractivity contribution is -0.137. The van der Waals surface area contributed by atoms with E-state index in [1.807, 2.05) is 0 Å². The molecule has 0 aliphatic carbocycles. The molecule has 0 bridgehead atoms. The van der Waals surface area contributed by atoms with Crippen molar-refractivity contribution in [1.29, 1.82) is 0 Å². The molecule has 2 aromatic rings. The van der Waals surface area contributed by atoms with Crippen LogP contribution < -0.4 is 30.7 Å². The van der Waals surface area contributed by atoms with Crippen LogP contribution in [-0.2, 0) is 22.3 Å². The number of ether oxygens (including phenoxy) is 2. The van der Waals surface area contributed by atoms with Gasteiger partial charge in [0, 0.05) is 35.8 Å². The second-order valence-electron chi connectivity index (χ2n) is 9.43. The maximum Gasteiger partial charge on any atom is 0.416 e. The third kappa shape index (κ3) is 9.58. The summed E-state index contributed by atoms with van der Waals surface area (Å²) in [5, 5.41) is 10.7. The number of halogens is 3. The molecule has 0 saturated carbocycles. The lowest BCUT2D eigenvalue weighted by Gasteiger charge is -2.26. The SMILES string of the molecule is COc1ccc(CNC[C@H](NC(=O)CNC(=O)c2cccc(C(F)(F)F)c2)C(=O)NC(C)(C)C)c(OC)c1. The molecule has 4 N–H and O–H groups in total. The first-order valence-corrected chi connectivity index (χ1v) is 11.7. The summed E-state index contributed by atoms with van der Waals surface area (Å²) in [5.74, 6) is -0.805. The van der Waals surface area contributed by atoms with E-state index in [4.69, 9.17) is 9.47 Å². The molecule has 3 amide bonds. The second-order valence-corrected chi connectivity index (χ2v) is 9.43. The molecule has 0 fully saturated rings. The van der Waals surface area contributed by atoms with Gasteiger partial charge in [0.1, 0.15) is 17.5 Å². The molecule has 2 rings (SSSR count). The Bertz CT molecular complexity index is 1130. The monoisotopic (exact) mass is 538 g/mol. The van der Waals surface area contributed by atoms with Gasteiger partial charge in [-0.25, -0.2) is 0 Å². The lowest BCUT2D eigenvalue weighted by atomic mass is 10.1. The number of alkyl halides is 3. The molecule has 38 heavy (non-hydrogen) atoms. The van der Waals surface area contributed by atoms with Crippen molar-refractivity contribution >= 4 is 17.7 Å². The first-order chi connectivity index (χ1) is 17.7. The van der Waals surface area contributed by atoms with E-state index in [1.54, 1.807) is 39.0 Å². The summed E-state index contributed by atoms with van der Waals surface area (Å²) in [6, 6.07) is 8.13. The Hall–Kier alpha value is -3.80. The number of hydrogen-bond donors (Lipinski definition) is 4. The first-order valence-electron chi connectivity index (χ1n) is 11.7. The minimum Gasteiger partial charge on any atom is -0.497 e. The van der Waals surface area contributed by atoms with Crippen LogP contribution in [0.4, 0.5) is 13.2 Å². The number of nitrogens with one attached hydrogen (secondary N) is 4. The number of methoxy groups -OCH3 is 2. The maximum atomic E-state index is 12.9. The summed E-state index contributed by atoms with van der Waals surface area (Å²) in [7, 11) is 3.06. The molecule has 0 aliphatic rings. The molecule has 0 spiro atoms. The predicted molar refractivity (Wildman–Crippen MR) is 135 cm³/mol. The van der Waals surface area contributed by atoms with Gasteiger partial charge in [0.25, 0.3) is 5.91 Å². The molecule has 0 aromatic heterocycles. The number of amides is 3. The van der Waals surface area contributed by atoms with Crippen molar-refractivity contribution in [1.82, 2.24) is 21.3 Å². The van der Waals surface area contributed by atoms with Crippen molar-refractivity contribution in [2.75, 3.05) is 27.3 Å². The third-order valence-corrected chi connectivity index (χ3v) is 5.17. The average molecular weight is 539 g/mol. The third-order valence-electron chi connectivity index (χ3n) is 5.17. The highest BCUT2D eigenvalue weighted by Crippen LogP contribution is 2.29. The number of carbonyl (C=O) groups is 3. The van der Waals surface area contributed by atoms with Gasteiger partial charge in [0.15, 0.2) is 0 Å². The molecular weight excluding hydrogens is 505 g/mol. The molecule has 12 heteroatoms. The van der Waals surface area contributed by atoms with Crippen molar-refractivity contribution in [2.24, 2.45) is 0 Å². The zero-order valence-electron chi connectivity index (χ0n) is 21.9. The molecular formula is C26H33F3N4O5. The van der Waals surface area contributed by atoms with Crippen molar-refractivity contribution in [2.45, 2.75) is 45.1 Å². The van der Waals surface area contributed by atoms with E-state index in [0.29, 0.717) is 24.1 Å². The van der Waals surface area contributed by atoms with Crippen LogP contribution in [0.5, 0.6) is 11.5 Å². The van der Waals surface area contributed by atoms with Gasteiger partial charge < -0.3 is 30.7 Å². The summed E-state index contributed by atoms with van der Waals surface area (Å²) in [6.07, 6.45) is -4.61. The van der Waals surface area contributed by atoms with E-state index in [-0.39, 0.29) is 12.1 Å². The number of benzene rings is 2. The van der Waals surface area contributed by atoms with E-state index in [2.05, 4.69) is 21.3 Å². The van der Waals surface area contributed by atoms with Crippen LogP contribution in [0.1, 0.15) is 42.3 Å². The van der Waals surface area contributed by atoms with Crippen LogP contribution in [0.25, 0.3) is 0 Å². The van der Waals surface area contributed by atoms with E-state index in [9.17, 15) is 27.6 Å². The lowest BCUT2D eigenvalue weighted by Crippen LogP contribution is -2.56. The predicted octanol–water partition coefficient (Wildman–Crippen LogP) is 2.64. The van der Waals surface area contributed by atoms with Gasteiger partial charge in [0.05, 0.1) is 26.3 Å². The summed E-state index contributed by atoms with van der Waals surface area (Å²) in [5.41, 5.74) is -1.00. The van der Waals surface area contributed by atoms with Crippen LogP contribution in [-0.4, -0.2) is 56.6 Å². The summed E-state index contributed by atoms with van der Waals surface area (Å²) >= 11 is 0. The van der Waals surface area contributed by atoms with Crippen LogP contribution >= 0.6 is 0 Å². The fourth-order valence-electron chi connectivity index (χ4n) is 3.36. The van der Waals surface area contributed by atoms with Gasteiger partial charge in [-0.2, -0.15) is 13.2 Å². The Kier molecular flexibility index (Phi) is 10.5. The van der Waals surface area contributed by atoms with Crippen LogP contribution in [0.15, 0.2) is 42.5 Å². The van der Waals surface area contributed by atoms with Gasteiger partial charge in [-0.15, -0.1) is 0 Å². The van der Waals surface area contributed by atoms with Crippen LogP contribution in [0, 0.1) is 0 Å². The summed E-state index contributed by atoms with van der Waals surface area (Å²) in [6.45, 7) is 5.18. The number of rotatable bonds is 11. The maximum absolute atomic E-state index is 12.9. The molecule has 2 aromatic carbocycles. The van der Waals surface area contributed by atoms with E-state index < -0.39 is 47.6 Å². The van der Waals surface area contributed by atoms with Gasteiger partial charge in [-0.1, -0.05) is 12.1 Å². The molecule has 0 radical (unpaired) electrons.